The Balaban J connectivity index is 1.30. The maximum atomic E-state index is 12.9. The van der Waals surface area contributed by atoms with Crippen LogP contribution in [0.4, 0.5) is 30.6 Å². The van der Waals surface area contributed by atoms with Crippen molar-refractivity contribution in [1.82, 2.24) is 29.1 Å². The van der Waals surface area contributed by atoms with Crippen LogP contribution in [0.1, 0.15) is 24.0 Å². The standard InChI is InChI=1S/C25H21F3N8/c26-25(27,28)17-3-1-16(2-4-17)13-36-15-30-21-22(31-18-5-6-18)33-24(34-23(21)36)32-19-7-9-20(10-8-19)35-12-11-29-14-35/h1-4,7-12,14-15,18H,5-6,13H2,(H2,31,32,33,34). The maximum Gasteiger partial charge on any atom is 0.416 e. The first-order valence-electron chi connectivity index (χ1n) is 11.4. The third-order valence-corrected chi connectivity index (χ3v) is 5.94. The van der Waals surface area contributed by atoms with E-state index in [2.05, 4.69) is 30.6 Å². The van der Waals surface area contributed by atoms with Crippen molar-refractivity contribution in [3.63, 3.8) is 0 Å². The average Bonchev–Trinajstić information content (AvgIpc) is 3.34. The van der Waals surface area contributed by atoms with Gasteiger partial charge in [-0.2, -0.15) is 23.1 Å². The lowest BCUT2D eigenvalue weighted by Crippen LogP contribution is -2.08. The Morgan fingerprint density at radius 1 is 0.944 bits per heavy atom. The van der Waals surface area contributed by atoms with Gasteiger partial charge in [-0.15, -0.1) is 0 Å². The third-order valence-electron chi connectivity index (χ3n) is 5.94. The first-order valence-corrected chi connectivity index (χ1v) is 11.4. The van der Waals surface area contributed by atoms with Crippen LogP contribution < -0.4 is 10.6 Å². The largest absolute Gasteiger partial charge is 0.416 e. The highest BCUT2D eigenvalue weighted by atomic mass is 19.4. The normalized spacial score (nSPS) is 13.8. The highest BCUT2D eigenvalue weighted by Gasteiger charge is 2.30. The second-order valence-corrected chi connectivity index (χ2v) is 8.70. The predicted molar refractivity (Wildman–Crippen MR) is 129 cm³/mol. The van der Waals surface area contributed by atoms with E-state index in [1.807, 2.05) is 39.6 Å². The number of anilines is 3. The maximum absolute atomic E-state index is 12.9. The van der Waals surface area contributed by atoms with E-state index in [-0.39, 0.29) is 0 Å². The zero-order chi connectivity index (χ0) is 24.7. The van der Waals surface area contributed by atoms with Crippen molar-refractivity contribution >= 4 is 28.6 Å². The first-order chi connectivity index (χ1) is 17.4. The fraction of sp³-hybridized carbons (Fsp3) is 0.200. The second-order valence-electron chi connectivity index (χ2n) is 8.70. The van der Waals surface area contributed by atoms with Crippen LogP contribution in [-0.2, 0) is 12.7 Å². The van der Waals surface area contributed by atoms with Crippen LogP contribution in [0.3, 0.4) is 0 Å². The lowest BCUT2D eigenvalue weighted by atomic mass is 10.1. The fourth-order valence-electron chi connectivity index (χ4n) is 3.89. The molecule has 1 saturated carbocycles. The Labute approximate surface area is 203 Å². The molecule has 0 saturated heterocycles. The van der Waals surface area contributed by atoms with E-state index in [9.17, 15) is 13.2 Å². The van der Waals surface area contributed by atoms with Gasteiger partial charge in [-0.3, -0.25) is 0 Å². The summed E-state index contributed by atoms with van der Waals surface area (Å²) >= 11 is 0. The molecule has 0 atom stereocenters. The molecule has 1 aliphatic carbocycles. The van der Waals surface area contributed by atoms with Crippen molar-refractivity contribution in [1.29, 1.82) is 0 Å². The van der Waals surface area contributed by atoms with Gasteiger partial charge in [0.2, 0.25) is 5.95 Å². The van der Waals surface area contributed by atoms with Gasteiger partial charge in [0, 0.05) is 29.8 Å². The number of benzene rings is 2. The van der Waals surface area contributed by atoms with Gasteiger partial charge in [0.1, 0.15) is 0 Å². The number of nitrogens with zero attached hydrogens (tertiary/aromatic N) is 6. The zero-order valence-electron chi connectivity index (χ0n) is 18.9. The van der Waals surface area contributed by atoms with E-state index < -0.39 is 11.7 Å². The lowest BCUT2D eigenvalue weighted by molar-refractivity contribution is -0.137. The number of hydrogen-bond donors (Lipinski definition) is 2. The van der Waals surface area contributed by atoms with Crippen molar-refractivity contribution in [2.45, 2.75) is 31.6 Å². The number of halogens is 3. The van der Waals surface area contributed by atoms with Crippen LogP contribution in [0.25, 0.3) is 16.9 Å². The van der Waals surface area contributed by atoms with Gasteiger partial charge in [-0.25, -0.2) is 9.97 Å². The highest BCUT2D eigenvalue weighted by molar-refractivity contribution is 5.85. The molecule has 2 aromatic carbocycles. The summed E-state index contributed by atoms with van der Waals surface area (Å²) in [6.45, 7) is 0.327. The summed E-state index contributed by atoms with van der Waals surface area (Å²) in [6, 6.07) is 13.2. The minimum absolute atomic E-state index is 0.327. The van der Waals surface area contributed by atoms with E-state index in [0.29, 0.717) is 41.1 Å². The van der Waals surface area contributed by atoms with Gasteiger partial charge in [-0.1, -0.05) is 12.1 Å². The van der Waals surface area contributed by atoms with Crippen molar-refractivity contribution < 1.29 is 13.2 Å². The minimum atomic E-state index is -4.37. The van der Waals surface area contributed by atoms with Crippen molar-refractivity contribution in [3.05, 3.63) is 84.7 Å². The Hall–Kier alpha value is -4.41. The number of imidazole rings is 2. The molecule has 0 spiro atoms. The van der Waals surface area contributed by atoms with E-state index >= 15 is 0 Å². The number of rotatable bonds is 7. The Morgan fingerprint density at radius 3 is 2.39 bits per heavy atom. The number of aromatic nitrogens is 6. The van der Waals surface area contributed by atoms with Crippen LogP contribution in [0.15, 0.2) is 73.6 Å². The van der Waals surface area contributed by atoms with Crippen LogP contribution in [0, 0.1) is 0 Å². The summed E-state index contributed by atoms with van der Waals surface area (Å²) < 4.78 is 42.5. The van der Waals surface area contributed by atoms with Gasteiger partial charge in [0.05, 0.1) is 24.8 Å². The molecule has 6 rings (SSSR count). The molecular weight excluding hydrogens is 469 g/mol. The highest BCUT2D eigenvalue weighted by Crippen LogP contribution is 2.31. The molecule has 0 unspecified atom stereocenters. The second kappa shape index (κ2) is 8.67. The van der Waals surface area contributed by atoms with E-state index in [4.69, 9.17) is 0 Å². The van der Waals surface area contributed by atoms with Gasteiger partial charge in [-0.05, 0) is 54.8 Å². The van der Waals surface area contributed by atoms with Crippen LogP contribution in [0.2, 0.25) is 0 Å². The lowest BCUT2D eigenvalue weighted by Gasteiger charge is -2.11. The fourth-order valence-corrected chi connectivity index (χ4v) is 3.89. The predicted octanol–water partition coefficient (Wildman–Crippen LogP) is 5.40. The quantitative estimate of drug-likeness (QED) is 0.318. The minimum Gasteiger partial charge on any atom is -0.365 e. The molecule has 0 bridgehead atoms. The van der Waals surface area contributed by atoms with E-state index in [1.54, 1.807) is 18.9 Å². The van der Waals surface area contributed by atoms with Crippen molar-refractivity contribution in [2.24, 2.45) is 0 Å². The summed E-state index contributed by atoms with van der Waals surface area (Å²) in [5, 5.41) is 6.67. The number of fused-ring (bicyclic) bond motifs is 1. The van der Waals surface area contributed by atoms with Gasteiger partial charge in [0.15, 0.2) is 17.0 Å². The Kier molecular flexibility index (Phi) is 5.32. The van der Waals surface area contributed by atoms with Crippen molar-refractivity contribution in [3.8, 4) is 5.69 Å². The topological polar surface area (TPSA) is 85.5 Å². The van der Waals surface area contributed by atoms with Gasteiger partial charge in [0.25, 0.3) is 0 Å². The molecule has 3 aromatic heterocycles. The molecule has 1 fully saturated rings. The molecule has 1 aliphatic rings. The first kappa shape index (κ1) is 22.1. The summed E-state index contributed by atoms with van der Waals surface area (Å²) in [4.78, 5) is 17.9. The molecule has 3 heterocycles. The zero-order valence-corrected chi connectivity index (χ0v) is 18.9. The monoisotopic (exact) mass is 490 g/mol. The van der Waals surface area contributed by atoms with Crippen LogP contribution in [-0.4, -0.2) is 35.1 Å². The van der Waals surface area contributed by atoms with Crippen LogP contribution in [0.5, 0.6) is 0 Å². The molecule has 5 aromatic rings. The number of nitrogens with one attached hydrogen (secondary N) is 2. The molecule has 0 amide bonds. The molecule has 182 valence electrons. The smallest absolute Gasteiger partial charge is 0.365 e. The van der Waals surface area contributed by atoms with E-state index in [1.165, 1.54) is 12.1 Å². The summed E-state index contributed by atoms with van der Waals surface area (Å²) in [5.41, 5.74) is 3.03. The molecule has 8 nitrogen and oxygen atoms in total. The molecular formula is C25H21F3N8. The van der Waals surface area contributed by atoms with Gasteiger partial charge >= 0.3 is 6.18 Å². The summed E-state index contributed by atoms with van der Waals surface area (Å²) in [7, 11) is 0. The Bertz CT molecular complexity index is 1490. The molecule has 36 heavy (non-hydrogen) atoms. The summed E-state index contributed by atoms with van der Waals surface area (Å²) in [6.07, 6.45) is 4.72. The SMILES string of the molecule is FC(F)(F)c1ccc(Cn2cnc3c(NC4CC4)nc(Nc4ccc(-n5ccnc5)cc4)nc32)cc1. The number of alkyl halides is 3. The van der Waals surface area contributed by atoms with Crippen molar-refractivity contribution in [2.75, 3.05) is 10.6 Å². The van der Waals surface area contributed by atoms with E-state index in [0.717, 1.165) is 36.3 Å². The third kappa shape index (κ3) is 4.59. The summed E-state index contributed by atoms with van der Waals surface area (Å²) in [5.74, 6) is 1.03. The average molecular weight is 490 g/mol. The van der Waals surface area contributed by atoms with Crippen LogP contribution >= 0.6 is 0 Å². The number of hydrogen-bond acceptors (Lipinski definition) is 6. The molecule has 2 N–H and O–H groups in total. The molecule has 0 aliphatic heterocycles. The van der Waals surface area contributed by atoms with Gasteiger partial charge < -0.3 is 19.8 Å². The molecule has 11 heteroatoms. The molecule has 0 radical (unpaired) electrons. The Morgan fingerprint density at radius 2 is 1.72 bits per heavy atom.